The number of likely N-dealkylation sites (tertiary alicyclic amines) is 1. The Morgan fingerprint density at radius 1 is 0.974 bits per heavy atom. The van der Waals surface area contributed by atoms with E-state index < -0.39 is 11.7 Å². The van der Waals surface area contributed by atoms with Crippen molar-refractivity contribution in [3.8, 4) is 0 Å². The summed E-state index contributed by atoms with van der Waals surface area (Å²) in [5, 5.41) is 3.29. The number of piperazine rings is 1. The van der Waals surface area contributed by atoms with Crippen LogP contribution in [0.5, 0.6) is 0 Å². The van der Waals surface area contributed by atoms with Crippen LogP contribution in [0.1, 0.15) is 70.8 Å². The first kappa shape index (κ1) is 26.1. The van der Waals surface area contributed by atoms with Gasteiger partial charge in [-0.15, -0.1) is 0 Å². The van der Waals surface area contributed by atoms with Crippen LogP contribution in [0, 0.1) is 23.2 Å². The molecule has 4 aliphatic carbocycles. The fraction of sp³-hybridized carbons (Fsp3) is 0.821. The Morgan fingerprint density at radius 3 is 2.00 bits per heavy atom. The minimum atomic E-state index is -4.46. The highest BCUT2D eigenvalue weighted by atomic mass is 19.4. The van der Waals surface area contributed by atoms with E-state index in [0.717, 1.165) is 56.1 Å². The molecule has 7 rings (SSSR count). The lowest BCUT2D eigenvalue weighted by Gasteiger charge is -2.58. The largest absolute Gasteiger partial charge is 0.419 e. The van der Waals surface area contributed by atoms with Gasteiger partial charge in [-0.1, -0.05) is 0 Å². The maximum Gasteiger partial charge on any atom is 0.419 e. The van der Waals surface area contributed by atoms with Gasteiger partial charge in [-0.05, 0) is 88.4 Å². The van der Waals surface area contributed by atoms with Crippen LogP contribution in [0.15, 0.2) is 12.4 Å². The van der Waals surface area contributed by atoms with Gasteiger partial charge in [0.05, 0.1) is 5.56 Å². The summed E-state index contributed by atoms with van der Waals surface area (Å²) in [5.41, 5.74) is -0.295. The fourth-order valence-corrected chi connectivity index (χ4v) is 8.96. The molecule has 1 aromatic rings. The maximum absolute atomic E-state index is 13.3. The molecule has 6 fully saturated rings. The summed E-state index contributed by atoms with van der Waals surface area (Å²) in [4.78, 5) is 27.6. The number of hydrogen-bond donors (Lipinski definition) is 1. The van der Waals surface area contributed by atoms with Crippen molar-refractivity contribution in [2.45, 2.75) is 89.5 Å². The third-order valence-electron chi connectivity index (χ3n) is 10.0. The standard InChI is InChI=1S/C28H41F3N6O/c1-18-15-36(25-32-13-23(14-33-25)28(29,30)31)16-19(2)37(18)26(38)34-24-3-5-35(6-4-24)17-27-10-20-7-21(11-27)9-22(8-20)12-27/h13-14,18-22,24H,3-12,15-17H2,1-2H3,(H,34,38)/t18-,19+,20?,21?,22?,27?. The molecule has 2 aliphatic heterocycles. The highest BCUT2D eigenvalue weighted by molar-refractivity contribution is 5.75. The van der Waals surface area contributed by atoms with Gasteiger partial charge in [0.15, 0.2) is 0 Å². The highest BCUT2D eigenvalue weighted by Gasteiger charge is 2.51. The van der Waals surface area contributed by atoms with E-state index in [1.54, 1.807) is 0 Å². The summed E-state index contributed by atoms with van der Waals surface area (Å²) in [6.07, 6.45) is 7.93. The molecule has 38 heavy (non-hydrogen) atoms. The van der Waals surface area contributed by atoms with E-state index in [1.165, 1.54) is 45.1 Å². The van der Waals surface area contributed by atoms with Gasteiger partial charge in [-0.25, -0.2) is 14.8 Å². The SMILES string of the molecule is C[C@@H]1CN(c2ncc(C(F)(F)F)cn2)C[C@H](C)N1C(=O)NC1CCN(CC23CC4CC(CC(C4)C2)C3)CC1. The lowest BCUT2D eigenvalue weighted by atomic mass is 9.49. The molecule has 4 saturated carbocycles. The molecule has 4 bridgehead atoms. The number of alkyl halides is 3. The smallest absolute Gasteiger partial charge is 0.337 e. The van der Waals surface area contributed by atoms with Crippen molar-refractivity contribution < 1.29 is 18.0 Å². The lowest BCUT2D eigenvalue weighted by Crippen LogP contribution is -2.62. The summed E-state index contributed by atoms with van der Waals surface area (Å²) in [6.45, 7) is 8.26. The van der Waals surface area contributed by atoms with Gasteiger partial charge in [0.1, 0.15) is 0 Å². The van der Waals surface area contributed by atoms with Crippen molar-refractivity contribution in [2.24, 2.45) is 23.2 Å². The minimum absolute atomic E-state index is 0.0440. The quantitative estimate of drug-likeness (QED) is 0.602. The van der Waals surface area contributed by atoms with Gasteiger partial charge < -0.3 is 20.0 Å². The van der Waals surface area contributed by atoms with Crippen LogP contribution in [0.25, 0.3) is 0 Å². The number of urea groups is 1. The number of amides is 2. The first-order chi connectivity index (χ1) is 18.1. The van der Waals surface area contributed by atoms with Gasteiger partial charge in [-0.3, -0.25) is 0 Å². The van der Waals surface area contributed by atoms with Crippen LogP contribution in [-0.4, -0.2) is 76.6 Å². The monoisotopic (exact) mass is 534 g/mol. The third-order valence-corrected chi connectivity index (χ3v) is 10.0. The molecule has 3 heterocycles. The Hall–Kier alpha value is -2.10. The molecule has 7 nitrogen and oxygen atoms in total. The van der Waals surface area contributed by atoms with Crippen molar-refractivity contribution in [2.75, 3.05) is 37.6 Å². The van der Waals surface area contributed by atoms with Crippen molar-refractivity contribution in [1.82, 2.24) is 25.1 Å². The zero-order chi connectivity index (χ0) is 26.7. The van der Waals surface area contributed by atoms with E-state index in [9.17, 15) is 18.0 Å². The Balaban J connectivity index is 0.989. The molecule has 0 aromatic carbocycles. The van der Waals surface area contributed by atoms with Crippen LogP contribution in [0.4, 0.5) is 23.9 Å². The molecule has 1 aromatic heterocycles. The van der Waals surface area contributed by atoms with E-state index in [1.807, 2.05) is 23.6 Å². The minimum Gasteiger partial charge on any atom is -0.337 e. The zero-order valence-corrected chi connectivity index (χ0v) is 22.6. The van der Waals surface area contributed by atoms with E-state index in [2.05, 4.69) is 20.2 Å². The predicted octanol–water partition coefficient (Wildman–Crippen LogP) is 4.78. The van der Waals surface area contributed by atoms with Crippen molar-refractivity contribution in [3.63, 3.8) is 0 Å². The number of nitrogens with zero attached hydrogens (tertiary/aromatic N) is 5. The number of rotatable bonds is 4. The van der Waals surface area contributed by atoms with Crippen LogP contribution < -0.4 is 10.2 Å². The van der Waals surface area contributed by atoms with Crippen molar-refractivity contribution in [3.05, 3.63) is 18.0 Å². The maximum atomic E-state index is 13.3. The van der Waals surface area contributed by atoms with Crippen LogP contribution in [0.3, 0.4) is 0 Å². The second-order valence-electron chi connectivity index (χ2n) is 13.2. The number of carbonyl (C=O) groups is 1. The van der Waals surface area contributed by atoms with Crippen molar-refractivity contribution in [1.29, 1.82) is 0 Å². The molecule has 1 N–H and O–H groups in total. The average molecular weight is 535 g/mol. The third kappa shape index (κ3) is 5.21. The number of halogens is 3. The van der Waals surface area contributed by atoms with Gasteiger partial charge in [0, 0.05) is 63.2 Å². The Morgan fingerprint density at radius 2 is 1.50 bits per heavy atom. The van der Waals surface area contributed by atoms with E-state index in [-0.39, 0.29) is 30.1 Å². The Bertz CT molecular complexity index is 962. The first-order valence-corrected chi connectivity index (χ1v) is 14.5. The fourth-order valence-electron chi connectivity index (χ4n) is 8.96. The van der Waals surface area contributed by atoms with Gasteiger partial charge in [0.25, 0.3) is 0 Å². The second kappa shape index (κ2) is 9.82. The number of carbonyl (C=O) groups excluding carboxylic acids is 1. The molecule has 0 spiro atoms. The predicted molar refractivity (Wildman–Crippen MR) is 139 cm³/mol. The van der Waals surface area contributed by atoms with Gasteiger partial charge in [0.2, 0.25) is 5.95 Å². The molecular formula is C28H41F3N6O. The molecule has 0 radical (unpaired) electrons. The number of anilines is 1. The number of piperidine rings is 1. The molecule has 6 aliphatic rings. The van der Waals surface area contributed by atoms with E-state index in [0.29, 0.717) is 18.5 Å². The molecule has 2 amide bonds. The molecule has 2 atom stereocenters. The first-order valence-electron chi connectivity index (χ1n) is 14.5. The average Bonchev–Trinajstić information content (AvgIpc) is 2.83. The number of nitrogens with one attached hydrogen (secondary N) is 1. The van der Waals surface area contributed by atoms with Crippen molar-refractivity contribution >= 4 is 12.0 Å². The van der Waals surface area contributed by atoms with Gasteiger partial charge >= 0.3 is 12.2 Å². The van der Waals surface area contributed by atoms with Crippen LogP contribution in [0.2, 0.25) is 0 Å². The number of hydrogen-bond acceptors (Lipinski definition) is 5. The summed E-state index contributed by atoms with van der Waals surface area (Å²) >= 11 is 0. The molecule has 210 valence electrons. The summed E-state index contributed by atoms with van der Waals surface area (Å²) in [7, 11) is 0. The highest BCUT2D eigenvalue weighted by Crippen LogP contribution is 2.60. The van der Waals surface area contributed by atoms with E-state index >= 15 is 0 Å². The summed E-state index contributed by atoms with van der Waals surface area (Å²) in [5.74, 6) is 3.21. The summed E-state index contributed by atoms with van der Waals surface area (Å²) in [6, 6.07) is -0.0788. The normalized spacial score (nSPS) is 36.1. The van der Waals surface area contributed by atoms with Gasteiger partial charge in [-0.2, -0.15) is 13.2 Å². The van der Waals surface area contributed by atoms with E-state index in [4.69, 9.17) is 0 Å². The van der Waals surface area contributed by atoms with Crippen LogP contribution in [-0.2, 0) is 6.18 Å². The molecule has 0 unspecified atom stereocenters. The Labute approximate surface area is 223 Å². The molecular weight excluding hydrogens is 493 g/mol. The Kier molecular flexibility index (Phi) is 6.76. The second-order valence-corrected chi connectivity index (χ2v) is 13.2. The number of aromatic nitrogens is 2. The van der Waals surface area contributed by atoms with Crippen LogP contribution >= 0.6 is 0 Å². The topological polar surface area (TPSA) is 64.6 Å². The zero-order valence-electron chi connectivity index (χ0n) is 22.6. The lowest BCUT2D eigenvalue weighted by molar-refractivity contribution is -0.138. The molecule has 10 heteroatoms. The summed E-state index contributed by atoms with van der Waals surface area (Å²) < 4.78 is 38.6. The molecule has 2 saturated heterocycles.